The van der Waals surface area contributed by atoms with Crippen molar-refractivity contribution in [3.8, 4) is 0 Å². The second-order valence-corrected chi connectivity index (χ2v) is 17.2. The fourth-order valence-corrected chi connectivity index (χ4v) is 10.5. The van der Waals surface area contributed by atoms with Gasteiger partial charge in [0.25, 0.3) is 10.0 Å². The van der Waals surface area contributed by atoms with Gasteiger partial charge in [0.1, 0.15) is 4.21 Å². The number of hydrogen-bond donors (Lipinski definition) is 2. The van der Waals surface area contributed by atoms with E-state index in [-0.39, 0.29) is 35.2 Å². The molecule has 3 aliphatic rings. The van der Waals surface area contributed by atoms with Crippen LogP contribution in [0.2, 0.25) is 0 Å². The van der Waals surface area contributed by atoms with Crippen molar-refractivity contribution < 1.29 is 32.2 Å². The van der Waals surface area contributed by atoms with Gasteiger partial charge in [0.05, 0.1) is 11.7 Å². The lowest BCUT2D eigenvalue weighted by molar-refractivity contribution is -0.0731. The summed E-state index contributed by atoms with van der Waals surface area (Å²) in [6.45, 7) is 3.93. The molecule has 10 heteroatoms. The molecule has 3 aliphatic carbocycles. The van der Waals surface area contributed by atoms with Gasteiger partial charge in [-0.1, -0.05) is 67.1 Å². The van der Waals surface area contributed by atoms with E-state index in [0.717, 1.165) is 40.2 Å². The second-order valence-electron chi connectivity index (χ2n) is 14.1. The number of nitrogens with zero attached hydrogens (tertiary/aromatic N) is 1. The van der Waals surface area contributed by atoms with Crippen LogP contribution in [0.15, 0.2) is 100 Å². The minimum Gasteiger partial charge on any atom is -0.393 e. The van der Waals surface area contributed by atoms with Gasteiger partial charge in [-0.25, -0.2) is 17.2 Å². The van der Waals surface area contributed by atoms with Crippen LogP contribution in [0.5, 0.6) is 0 Å². The molecule has 0 spiro atoms. The lowest BCUT2D eigenvalue weighted by Gasteiger charge is -2.46. The van der Waals surface area contributed by atoms with Crippen molar-refractivity contribution in [3.63, 3.8) is 0 Å². The van der Waals surface area contributed by atoms with Crippen LogP contribution in [-0.2, 0) is 23.0 Å². The Balaban J connectivity index is 1.47. The normalized spacial score (nSPS) is 24.5. The number of halogens is 2. The highest BCUT2D eigenvalue weighted by Crippen LogP contribution is 2.59. The van der Waals surface area contributed by atoms with Crippen molar-refractivity contribution >= 4 is 27.1 Å². The van der Waals surface area contributed by atoms with Gasteiger partial charge >= 0.3 is 0 Å². The maximum atomic E-state index is 14.4. The zero-order valence-corrected chi connectivity index (χ0v) is 30.0. The average Bonchev–Trinajstić information content (AvgIpc) is 3.72. The highest BCUT2D eigenvalue weighted by atomic mass is 32.2. The number of aliphatic hydroxyl groups excluding tert-OH is 1. The molecule has 4 atom stereocenters. The summed E-state index contributed by atoms with van der Waals surface area (Å²) in [6, 6.07) is 21.2. The number of thiophene rings is 1. The maximum absolute atomic E-state index is 14.4. The molecule has 7 rings (SSSR count). The third kappa shape index (κ3) is 7.27. The predicted molar refractivity (Wildman–Crippen MR) is 192 cm³/mol. The Kier molecular flexibility index (Phi) is 10.6. The number of allylic oxidation sites excluding steroid dienone is 2. The zero-order chi connectivity index (χ0) is 35.7. The standard InChI is InChI=1S/C40H43F2NO5S2/c1-27-8-6-19-39(2)34(18-20-40(39,46)26-43(25-28-9-4-3-5-10-28)50(47,48)37-11-7-21-49-37)32-16-13-29(22-31(44)15-12-27)23-33(32)38(45)30-14-17-35(41)36(42)24-30/h3-5,7-11,13-14,16-17,21,23-24,31,34,44,46H,6,12,15,18-20,22,25-26H2,1-2H3/t31-,34-,39-,40+/m0/s1. The third-order valence-electron chi connectivity index (χ3n) is 10.8. The number of carbonyl (C=O) groups is 1. The summed E-state index contributed by atoms with van der Waals surface area (Å²) >= 11 is 1.13. The molecule has 0 amide bonds. The first-order valence-electron chi connectivity index (χ1n) is 17.1. The number of hydrogen-bond acceptors (Lipinski definition) is 6. The number of aliphatic hydroxyl groups is 2. The molecule has 0 radical (unpaired) electrons. The number of rotatable bonds is 8. The van der Waals surface area contributed by atoms with E-state index >= 15 is 0 Å². The highest BCUT2D eigenvalue weighted by Gasteiger charge is 2.58. The molecule has 1 saturated carbocycles. The molecule has 264 valence electrons. The summed E-state index contributed by atoms with van der Waals surface area (Å²) in [5.41, 5.74) is 1.20. The number of sulfonamides is 1. The molecule has 4 aromatic rings. The molecule has 50 heavy (non-hydrogen) atoms. The first kappa shape index (κ1) is 36.3. The van der Waals surface area contributed by atoms with E-state index in [1.165, 1.54) is 10.4 Å². The van der Waals surface area contributed by atoms with E-state index in [2.05, 4.69) is 6.08 Å². The van der Waals surface area contributed by atoms with Gasteiger partial charge in [-0.15, -0.1) is 11.3 Å². The quantitative estimate of drug-likeness (QED) is 0.142. The maximum Gasteiger partial charge on any atom is 0.252 e. The molecule has 1 heterocycles. The van der Waals surface area contributed by atoms with Crippen LogP contribution in [-0.4, -0.2) is 47.0 Å². The molecule has 2 N–H and O–H groups in total. The summed E-state index contributed by atoms with van der Waals surface area (Å²) in [4.78, 5) is 14.2. The SMILES string of the molecule is CC1=CCC[C@@]2(C)[C@@H](CC[C@@]2(O)CN(Cc2ccccc2)S(=O)(=O)c2cccs2)c2ccc(cc2C(=O)c2ccc(F)c(F)c2)C[C@@H](O)CC1. The van der Waals surface area contributed by atoms with Gasteiger partial charge in [0.2, 0.25) is 0 Å². The average molecular weight is 720 g/mol. The van der Waals surface area contributed by atoms with Gasteiger partial charge in [0.15, 0.2) is 17.4 Å². The summed E-state index contributed by atoms with van der Waals surface area (Å²) in [6.07, 6.45) is 4.83. The number of ketones is 1. The fraction of sp³-hybridized carbons (Fsp3) is 0.375. The van der Waals surface area contributed by atoms with Crippen molar-refractivity contribution in [3.05, 3.63) is 135 Å². The second kappa shape index (κ2) is 14.6. The van der Waals surface area contributed by atoms with E-state index in [0.29, 0.717) is 49.7 Å². The van der Waals surface area contributed by atoms with Crippen LogP contribution in [0, 0.1) is 17.0 Å². The Bertz CT molecular complexity index is 1980. The van der Waals surface area contributed by atoms with Crippen LogP contribution < -0.4 is 0 Å². The molecular weight excluding hydrogens is 677 g/mol. The summed E-state index contributed by atoms with van der Waals surface area (Å²) < 4.78 is 58.2. The monoisotopic (exact) mass is 719 g/mol. The molecule has 2 bridgehead atoms. The smallest absolute Gasteiger partial charge is 0.252 e. The molecular formula is C40H43F2NO5S2. The molecule has 0 saturated heterocycles. The Morgan fingerprint density at radius 1 is 0.980 bits per heavy atom. The highest BCUT2D eigenvalue weighted by molar-refractivity contribution is 7.91. The first-order valence-corrected chi connectivity index (χ1v) is 19.4. The topological polar surface area (TPSA) is 94.9 Å². The Labute approximate surface area is 297 Å². The van der Waals surface area contributed by atoms with Gasteiger partial charge in [-0.3, -0.25) is 4.79 Å². The summed E-state index contributed by atoms with van der Waals surface area (Å²) in [5.74, 6) is -3.04. The van der Waals surface area contributed by atoms with Crippen molar-refractivity contribution in [1.29, 1.82) is 0 Å². The molecule has 0 unspecified atom stereocenters. The van der Waals surface area contributed by atoms with Gasteiger partial charge in [0, 0.05) is 29.6 Å². The Morgan fingerprint density at radius 2 is 1.76 bits per heavy atom. The van der Waals surface area contributed by atoms with Crippen molar-refractivity contribution in [2.45, 2.75) is 87.2 Å². The van der Waals surface area contributed by atoms with Crippen LogP contribution in [0.1, 0.15) is 90.9 Å². The Hall–Kier alpha value is -3.54. The van der Waals surface area contributed by atoms with Crippen molar-refractivity contribution in [2.24, 2.45) is 5.41 Å². The predicted octanol–water partition coefficient (Wildman–Crippen LogP) is 8.19. The third-order valence-corrected chi connectivity index (χ3v) is 14.0. The van der Waals surface area contributed by atoms with Crippen LogP contribution >= 0.6 is 11.3 Å². The van der Waals surface area contributed by atoms with Crippen LogP contribution in [0.4, 0.5) is 8.78 Å². The summed E-state index contributed by atoms with van der Waals surface area (Å²) in [7, 11) is -3.99. The molecule has 1 fully saturated rings. The minimum absolute atomic E-state index is 0.00596. The molecule has 3 aromatic carbocycles. The fourth-order valence-electron chi connectivity index (χ4n) is 7.83. The van der Waals surface area contributed by atoms with Crippen molar-refractivity contribution in [2.75, 3.05) is 6.54 Å². The van der Waals surface area contributed by atoms with Crippen molar-refractivity contribution in [1.82, 2.24) is 4.31 Å². The molecule has 0 aliphatic heterocycles. The van der Waals surface area contributed by atoms with Gasteiger partial charge in [-0.05, 0) is 110 Å². The van der Waals surface area contributed by atoms with E-state index in [1.807, 2.05) is 56.3 Å². The lowest BCUT2D eigenvalue weighted by Crippen LogP contribution is -2.53. The van der Waals surface area contributed by atoms with E-state index in [9.17, 15) is 32.2 Å². The minimum atomic E-state index is -3.99. The van der Waals surface area contributed by atoms with Gasteiger partial charge < -0.3 is 10.2 Å². The number of carbonyl (C=O) groups excluding carboxylic acids is 1. The first-order chi connectivity index (χ1) is 23.8. The van der Waals surface area contributed by atoms with Crippen LogP contribution in [0.3, 0.4) is 0 Å². The van der Waals surface area contributed by atoms with Gasteiger partial charge in [-0.2, -0.15) is 4.31 Å². The van der Waals surface area contributed by atoms with Crippen LogP contribution in [0.25, 0.3) is 0 Å². The largest absolute Gasteiger partial charge is 0.393 e. The summed E-state index contributed by atoms with van der Waals surface area (Å²) in [5, 5.41) is 25.5. The molecule has 6 nitrogen and oxygen atoms in total. The number of fused-ring (bicyclic) bond motifs is 8. The Morgan fingerprint density at radius 3 is 2.48 bits per heavy atom. The van der Waals surface area contributed by atoms with E-state index in [1.54, 1.807) is 23.6 Å². The van der Waals surface area contributed by atoms with E-state index in [4.69, 9.17) is 0 Å². The molecule has 1 aromatic heterocycles. The zero-order valence-electron chi connectivity index (χ0n) is 28.3. The lowest BCUT2D eigenvalue weighted by atomic mass is 9.64. The number of benzene rings is 3. The van der Waals surface area contributed by atoms with E-state index < -0.39 is 44.6 Å².